The highest BCUT2D eigenvalue weighted by atomic mass is 35.5. The summed E-state index contributed by atoms with van der Waals surface area (Å²) in [5, 5.41) is 0.0883. The predicted molar refractivity (Wildman–Crippen MR) is 140 cm³/mol. The van der Waals surface area contributed by atoms with Gasteiger partial charge >= 0.3 is 0 Å². The van der Waals surface area contributed by atoms with Crippen molar-refractivity contribution < 1.29 is 27.4 Å². The van der Waals surface area contributed by atoms with E-state index in [9.17, 15) is 13.2 Å². The van der Waals surface area contributed by atoms with E-state index >= 15 is 0 Å². The van der Waals surface area contributed by atoms with Gasteiger partial charge in [0.2, 0.25) is 15.9 Å². The molecule has 5 rings (SSSR count). The number of piperidine rings is 2. The van der Waals surface area contributed by atoms with Crippen LogP contribution in [0, 0.1) is 5.41 Å². The highest BCUT2D eigenvalue weighted by Gasteiger charge is 2.44. The van der Waals surface area contributed by atoms with Gasteiger partial charge < -0.3 is 19.1 Å². The van der Waals surface area contributed by atoms with Crippen LogP contribution in [0.5, 0.6) is 17.2 Å². The van der Waals surface area contributed by atoms with Crippen LogP contribution in [-0.2, 0) is 14.8 Å². The van der Waals surface area contributed by atoms with Crippen molar-refractivity contribution in [1.82, 2.24) is 9.21 Å². The number of fused-ring (bicyclic) bond motifs is 1. The number of amides is 1. The molecule has 0 unspecified atom stereocenters. The number of sulfonamides is 1. The second-order valence-corrected chi connectivity index (χ2v) is 12.4. The smallest absolute Gasteiger partial charge is 0.244 e. The third-order valence-electron chi connectivity index (χ3n) is 7.36. The lowest BCUT2D eigenvalue weighted by atomic mass is 9.78. The molecule has 10 heteroatoms. The van der Waals surface area contributed by atoms with Crippen molar-refractivity contribution in [2.45, 2.75) is 43.4 Å². The van der Waals surface area contributed by atoms with Crippen molar-refractivity contribution >= 4 is 27.5 Å². The Hall–Kier alpha value is -2.49. The van der Waals surface area contributed by atoms with Crippen molar-refractivity contribution in [2.24, 2.45) is 5.41 Å². The van der Waals surface area contributed by atoms with Crippen molar-refractivity contribution in [1.29, 1.82) is 0 Å². The molecule has 2 aromatic carbocycles. The first-order valence-corrected chi connectivity index (χ1v) is 14.7. The van der Waals surface area contributed by atoms with Crippen LogP contribution in [0.3, 0.4) is 0 Å². The molecule has 0 aromatic heterocycles. The van der Waals surface area contributed by atoms with Crippen molar-refractivity contribution in [2.75, 3.05) is 46.0 Å². The summed E-state index contributed by atoms with van der Waals surface area (Å²) < 4.78 is 46.5. The summed E-state index contributed by atoms with van der Waals surface area (Å²) in [7, 11) is -3.96. The number of ether oxygens (including phenoxy) is 3. The molecule has 1 atom stereocenters. The Morgan fingerprint density at radius 1 is 0.973 bits per heavy atom. The van der Waals surface area contributed by atoms with Crippen molar-refractivity contribution in [3.8, 4) is 17.2 Å². The molecule has 8 nitrogen and oxygen atoms in total. The van der Waals surface area contributed by atoms with Crippen LogP contribution < -0.4 is 14.2 Å². The molecule has 1 amide bonds. The van der Waals surface area contributed by atoms with Crippen LogP contribution in [0.1, 0.15) is 38.5 Å². The maximum Gasteiger partial charge on any atom is 0.244 e. The number of carbonyl (C=O) groups excluding carboxylic acids is 1. The zero-order valence-corrected chi connectivity index (χ0v) is 22.4. The standard InChI is InChI=1S/C27H33ClN2O6S/c28-22-16-23-24(35-15-14-34-23)17-25(22)37(32,33)30-13-7-10-27(19-30,20-36-21-8-3-1-4-9-21)18-26(31)29-11-5-2-6-12-29/h1,3-4,8-9,16-17H,2,5-7,10-15,18-20H2/t27-/m1/s1. The number of likely N-dealkylation sites (tertiary alicyclic amines) is 1. The summed E-state index contributed by atoms with van der Waals surface area (Å²) in [6.07, 6.45) is 4.69. The molecule has 0 spiro atoms. The van der Waals surface area contributed by atoms with Crippen LogP contribution in [0.4, 0.5) is 0 Å². The average molecular weight is 549 g/mol. The minimum Gasteiger partial charge on any atom is -0.493 e. The molecular formula is C27H33ClN2O6S. The van der Waals surface area contributed by atoms with Crippen LogP contribution in [0.25, 0.3) is 0 Å². The van der Waals surface area contributed by atoms with Crippen LogP contribution in [0.15, 0.2) is 47.4 Å². The lowest BCUT2D eigenvalue weighted by Gasteiger charge is -2.42. The maximum atomic E-state index is 13.9. The zero-order chi connectivity index (χ0) is 25.9. The molecule has 3 aliphatic rings. The van der Waals surface area contributed by atoms with E-state index in [1.54, 1.807) is 0 Å². The normalized spacial score (nSPS) is 22.5. The lowest BCUT2D eigenvalue weighted by Crippen LogP contribution is -2.51. The molecule has 200 valence electrons. The third-order valence-corrected chi connectivity index (χ3v) is 9.67. The van der Waals surface area contributed by atoms with Gasteiger partial charge in [-0.3, -0.25) is 4.79 Å². The van der Waals surface area contributed by atoms with Crippen molar-refractivity contribution in [3.05, 3.63) is 47.5 Å². The average Bonchev–Trinajstić information content (AvgIpc) is 2.92. The molecule has 2 saturated heterocycles. The van der Waals surface area contributed by atoms with E-state index < -0.39 is 15.4 Å². The largest absolute Gasteiger partial charge is 0.493 e. The Morgan fingerprint density at radius 2 is 1.68 bits per heavy atom. The van der Waals surface area contributed by atoms with E-state index in [4.69, 9.17) is 25.8 Å². The van der Waals surface area contributed by atoms with Gasteiger partial charge in [-0.15, -0.1) is 0 Å². The number of hydrogen-bond acceptors (Lipinski definition) is 6. The number of para-hydroxylation sites is 1. The Balaban J connectivity index is 1.41. The van der Waals surface area contributed by atoms with E-state index in [0.29, 0.717) is 49.8 Å². The fourth-order valence-electron chi connectivity index (χ4n) is 5.39. The Kier molecular flexibility index (Phi) is 7.83. The summed E-state index contributed by atoms with van der Waals surface area (Å²) in [5.41, 5.74) is -0.657. The van der Waals surface area contributed by atoms with Gasteiger partial charge in [-0.1, -0.05) is 29.8 Å². The number of carbonyl (C=O) groups is 1. The van der Waals surface area contributed by atoms with Gasteiger partial charge in [-0.25, -0.2) is 8.42 Å². The number of hydrogen-bond donors (Lipinski definition) is 0. The lowest BCUT2D eigenvalue weighted by molar-refractivity contribution is -0.136. The van der Waals surface area contributed by atoms with E-state index in [2.05, 4.69) is 0 Å². The molecule has 3 aliphatic heterocycles. The number of halogens is 1. The van der Waals surface area contributed by atoms with Gasteiger partial charge in [0.05, 0.1) is 11.6 Å². The van der Waals surface area contributed by atoms with Gasteiger partial charge in [0, 0.05) is 50.1 Å². The van der Waals surface area contributed by atoms with Crippen LogP contribution in [-0.4, -0.2) is 69.5 Å². The number of rotatable bonds is 7. The number of benzene rings is 2. The van der Waals surface area contributed by atoms with Gasteiger partial charge in [0.25, 0.3) is 0 Å². The molecule has 2 fully saturated rings. The fourth-order valence-corrected chi connectivity index (χ4v) is 7.49. The van der Waals surface area contributed by atoms with Crippen LogP contribution >= 0.6 is 11.6 Å². The van der Waals surface area contributed by atoms with Crippen molar-refractivity contribution in [3.63, 3.8) is 0 Å². The molecule has 0 radical (unpaired) electrons. The van der Waals surface area contributed by atoms with E-state index in [-0.39, 0.29) is 35.4 Å². The predicted octanol–water partition coefficient (Wildman–Crippen LogP) is 4.36. The van der Waals surface area contributed by atoms with Gasteiger partial charge in [0.1, 0.15) is 23.9 Å². The highest BCUT2D eigenvalue weighted by Crippen LogP contribution is 2.41. The molecule has 0 bridgehead atoms. The van der Waals surface area contributed by atoms with E-state index in [1.807, 2.05) is 35.2 Å². The summed E-state index contributed by atoms with van der Waals surface area (Å²) >= 11 is 6.44. The topological polar surface area (TPSA) is 85.4 Å². The quantitative estimate of drug-likeness (QED) is 0.511. The summed E-state index contributed by atoms with van der Waals surface area (Å²) in [6, 6.07) is 12.4. The van der Waals surface area contributed by atoms with Gasteiger partial charge in [-0.05, 0) is 44.2 Å². The Labute approximate surface area is 223 Å². The Bertz CT molecular complexity index is 1220. The first-order valence-electron chi connectivity index (χ1n) is 12.9. The van der Waals surface area contributed by atoms with Gasteiger partial charge in [0.15, 0.2) is 11.5 Å². The molecular weight excluding hydrogens is 516 g/mol. The van der Waals surface area contributed by atoms with Gasteiger partial charge in [-0.2, -0.15) is 4.31 Å². The minimum absolute atomic E-state index is 0.0134. The number of nitrogens with zero attached hydrogens (tertiary/aromatic N) is 2. The van der Waals surface area contributed by atoms with E-state index in [0.717, 1.165) is 32.4 Å². The van der Waals surface area contributed by atoms with Crippen LogP contribution in [0.2, 0.25) is 5.02 Å². The highest BCUT2D eigenvalue weighted by molar-refractivity contribution is 7.89. The summed E-state index contributed by atoms with van der Waals surface area (Å²) in [4.78, 5) is 15.3. The molecule has 2 aromatic rings. The second-order valence-electron chi connectivity index (χ2n) is 10.1. The fraction of sp³-hybridized carbons (Fsp3) is 0.519. The van der Waals surface area contributed by atoms with E-state index in [1.165, 1.54) is 16.4 Å². The second kappa shape index (κ2) is 11.1. The summed E-state index contributed by atoms with van der Waals surface area (Å²) in [6.45, 7) is 3.00. The maximum absolute atomic E-state index is 13.9. The summed E-state index contributed by atoms with van der Waals surface area (Å²) in [5.74, 6) is 1.56. The first kappa shape index (κ1) is 26.1. The third kappa shape index (κ3) is 5.84. The first-order chi connectivity index (χ1) is 17.9. The Morgan fingerprint density at radius 3 is 2.41 bits per heavy atom. The molecule has 0 N–H and O–H groups in total. The zero-order valence-electron chi connectivity index (χ0n) is 20.9. The molecule has 0 aliphatic carbocycles. The molecule has 37 heavy (non-hydrogen) atoms. The minimum atomic E-state index is -3.96. The molecule has 0 saturated carbocycles. The monoisotopic (exact) mass is 548 g/mol. The SMILES string of the molecule is O=C(C[C@]1(COc2ccccc2)CCCN(S(=O)(=O)c2cc3c(cc2Cl)OCCO3)C1)N1CCCCC1. The molecule has 3 heterocycles.